The van der Waals surface area contributed by atoms with Crippen LogP contribution in [0.4, 0.5) is 10.9 Å². The molecule has 1 amide bonds. The van der Waals surface area contributed by atoms with E-state index in [4.69, 9.17) is 0 Å². The third kappa shape index (κ3) is 3.37. The van der Waals surface area contributed by atoms with Crippen molar-refractivity contribution in [1.82, 2.24) is 9.97 Å². The molecule has 23 heavy (non-hydrogen) atoms. The Labute approximate surface area is 140 Å². The number of nitrogens with one attached hydrogen (secondary N) is 1. The molecule has 5 nitrogen and oxygen atoms in total. The Morgan fingerprint density at radius 3 is 3.04 bits per heavy atom. The lowest BCUT2D eigenvalue weighted by Gasteiger charge is -2.18. The molecule has 1 aliphatic rings. The third-order valence-electron chi connectivity index (χ3n) is 4.29. The zero-order chi connectivity index (χ0) is 16.4. The van der Waals surface area contributed by atoms with E-state index in [1.807, 2.05) is 19.0 Å². The van der Waals surface area contributed by atoms with Crippen molar-refractivity contribution >= 4 is 28.2 Å². The lowest BCUT2D eigenvalue weighted by molar-refractivity contribution is 0.102. The molecule has 0 radical (unpaired) electrons. The summed E-state index contributed by atoms with van der Waals surface area (Å²) in [7, 11) is 3.76. The van der Waals surface area contributed by atoms with Crippen molar-refractivity contribution in [3.63, 3.8) is 0 Å². The van der Waals surface area contributed by atoms with Crippen molar-refractivity contribution in [3.05, 3.63) is 34.5 Å². The van der Waals surface area contributed by atoms with Gasteiger partial charge in [0.25, 0.3) is 5.91 Å². The van der Waals surface area contributed by atoms with Crippen molar-refractivity contribution in [3.8, 4) is 0 Å². The van der Waals surface area contributed by atoms with Gasteiger partial charge in [-0.25, -0.2) is 9.97 Å². The average Bonchev–Trinajstić information content (AvgIpc) is 2.95. The Morgan fingerprint density at radius 1 is 1.48 bits per heavy atom. The van der Waals surface area contributed by atoms with E-state index in [1.165, 1.54) is 17.7 Å². The first-order chi connectivity index (χ1) is 11.1. The Bertz CT molecular complexity index is 710. The van der Waals surface area contributed by atoms with Gasteiger partial charge in [0.2, 0.25) is 0 Å². The fourth-order valence-electron chi connectivity index (χ4n) is 2.94. The summed E-state index contributed by atoms with van der Waals surface area (Å²) in [4.78, 5) is 24.6. The highest BCUT2D eigenvalue weighted by molar-refractivity contribution is 7.15. The van der Waals surface area contributed by atoms with Crippen LogP contribution in [0.15, 0.2) is 18.3 Å². The maximum absolute atomic E-state index is 12.6. The summed E-state index contributed by atoms with van der Waals surface area (Å²) in [5, 5.41) is 3.64. The summed E-state index contributed by atoms with van der Waals surface area (Å²) in [5.41, 5.74) is 1.73. The number of thiazole rings is 1. The highest BCUT2D eigenvalue weighted by Gasteiger charge is 2.23. The number of aryl methyl sites for hydroxylation is 1. The zero-order valence-electron chi connectivity index (χ0n) is 13.8. The predicted molar refractivity (Wildman–Crippen MR) is 94.4 cm³/mol. The van der Waals surface area contributed by atoms with Crippen LogP contribution in [-0.2, 0) is 12.8 Å². The summed E-state index contributed by atoms with van der Waals surface area (Å²) in [6.07, 6.45) is 6.22. The van der Waals surface area contributed by atoms with Crippen LogP contribution < -0.4 is 10.2 Å². The maximum Gasteiger partial charge on any atom is 0.261 e. The molecule has 6 heteroatoms. The van der Waals surface area contributed by atoms with Crippen LogP contribution in [0.2, 0.25) is 0 Å². The van der Waals surface area contributed by atoms with Crippen LogP contribution in [0.25, 0.3) is 0 Å². The van der Waals surface area contributed by atoms with Gasteiger partial charge in [-0.15, -0.1) is 11.3 Å². The van der Waals surface area contributed by atoms with Crippen LogP contribution in [0.5, 0.6) is 0 Å². The molecule has 0 saturated heterocycles. The van der Waals surface area contributed by atoms with Gasteiger partial charge in [-0.05, 0) is 37.3 Å². The molecule has 2 aromatic rings. The van der Waals surface area contributed by atoms with Crippen LogP contribution >= 0.6 is 11.3 Å². The maximum atomic E-state index is 12.6. The van der Waals surface area contributed by atoms with Gasteiger partial charge >= 0.3 is 0 Å². The van der Waals surface area contributed by atoms with Gasteiger partial charge in [-0.2, -0.15) is 0 Å². The molecule has 0 fully saturated rings. The first-order valence-corrected chi connectivity index (χ1v) is 8.82. The molecule has 122 valence electrons. The molecule has 0 spiro atoms. The number of carbonyl (C=O) groups excluding carboxylic acids is 1. The summed E-state index contributed by atoms with van der Waals surface area (Å²) in [6.45, 7) is 2.24. The van der Waals surface area contributed by atoms with E-state index in [-0.39, 0.29) is 5.91 Å². The van der Waals surface area contributed by atoms with Gasteiger partial charge in [0, 0.05) is 25.2 Å². The number of carbonyl (C=O) groups is 1. The first-order valence-electron chi connectivity index (χ1n) is 8.00. The van der Waals surface area contributed by atoms with Crippen molar-refractivity contribution in [2.24, 2.45) is 5.92 Å². The second kappa shape index (κ2) is 6.66. The minimum atomic E-state index is -0.153. The highest BCUT2D eigenvalue weighted by Crippen LogP contribution is 2.33. The second-order valence-corrected chi connectivity index (χ2v) is 7.21. The Hall–Kier alpha value is -1.95. The molecule has 0 bridgehead atoms. The standard InChI is InChI=1S/C17H22N4OS/c1-4-11-7-8-13-14(10-11)23-17(19-13)20-16(22)12-6-5-9-18-15(12)21(2)3/h5-6,9,11H,4,7-8,10H2,1-3H3,(H,19,20,22)/t11-/m1/s1. The molecule has 0 aliphatic heterocycles. The normalized spacial score (nSPS) is 16.7. The second-order valence-electron chi connectivity index (χ2n) is 6.13. The Balaban J connectivity index is 1.78. The Morgan fingerprint density at radius 2 is 2.30 bits per heavy atom. The van der Waals surface area contributed by atoms with E-state index in [9.17, 15) is 4.79 Å². The summed E-state index contributed by atoms with van der Waals surface area (Å²) < 4.78 is 0. The first kappa shape index (κ1) is 15.9. The van der Waals surface area contributed by atoms with E-state index in [0.717, 1.165) is 24.5 Å². The number of hydrogen-bond donors (Lipinski definition) is 1. The zero-order valence-corrected chi connectivity index (χ0v) is 14.6. The minimum absolute atomic E-state index is 0.153. The molecular formula is C17H22N4OS. The van der Waals surface area contributed by atoms with Crippen LogP contribution in [0, 0.1) is 5.92 Å². The lowest BCUT2D eigenvalue weighted by atomic mass is 9.89. The van der Waals surface area contributed by atoms with E-state index in [2.05, 4.69) is 22.2 Å². The summed E-state index contributed by atoms with van der Waals surface area (Å²) >= 11 is 1.61. The average molecular weight is 330 g/mol. The number of fused-ring (bicyclic) bond motifs is 1. The number of rotatable bonds is 4. The molecule has 0 saturated carbocycles. The number of aromatic nitrogens is 2. The van der Waals surface area contributed by atoms with Gasteiger partial charge < -0.3 is 4.90 Å². The van der Waals surface area contributed by atoms with Crippen molar-refractivity contribution < 1.29 is 4.79 Å². The molecular weight excluding hydrogens is 308 g/mol. The van der Waals surface area contributed by atoms with Gasteiger partial charge in [0.15, 0.2) is 5.13 Å². The monoisotopic (exact) mass is 330 g/mol. The highest BCUT2D eigenvalue weighted by atomic mass is 32.1. The fraction of sp³-hybridized carbons (Fsp3) is 0.471. The van der Waals surface area contributed by atoms with E-state index >= 15 is 0 Å². The molecule has 2 heterocycles. The van der Waals surface area contributed by atoms with Gasteiger partial charge in [0.1, 0.15) is 5.82 Å². The number of anilines is 2. The fourth-order valence-corrected chi connectivity index (χ4v) is 4.06. The third-order valence-corrected chi connectivity index (χ3v) is 5.33. The number of nitrogens with zero attached hydrogens (tertiary/aromatic N) is 3. The number of amides is 1. The van der Waals surface area contributed by atoms with Crippen LogP contribution in [-0.4, -0.2) is 30.0 Å². The quantitative estimate of drug-likeness (QED) is 0.934. The van der Waals surface area contributed by atoms with Gasteiger partial charge in [-0.3, -0.25) is 10.1 Å². The van der Waals surface area contributed by atoms with Gasteiger partial charge in [-0.1, -0.05) is 13.3 Å². The summed E-state index contributed by atoms with van der Waals surface area (Å²) in [5.74, 6) is 1.27. The molecule has 1 N–H and O–H groups in total. The topological polar surface area (TPSA) is 58.1 Å². The van der Waals surface area contributed by atoms with Crippen molar-refractivity contribution in [2.75, 3.05) is 24.3 Å². The number of hydrogen-bond acceptors (Lipinski definition) is 5. The molecule has 1 atom stereocenters. The van der Waals surface area contributed by atoms with Gasteiger partial charge in [0.05, 0.1) is 11.3 Å². The van der Waals surface area contributed by atoms with Crippen LogP contribution in [0.1, 0.15) is 40.7 Å². The summed E-state index contributed by atoms with van der Waals surface area (Å²) in [6, 6.07) is 3.57. The number of pyridine rings is 1. The van der Waals surface area contributed by atoms with Crippen LogP contribution in [0.3, 0.4) is 0 Å². The lowest BCUT2D eigenvalue weighted by Crippen LogP contribution is -2.19. The molecule has 0 unspecified atom stereocenters. The molecule has 2 aromatic heterocycles. The predicted octanol–water partition coefficient (Wildman–Crippen LogP) is 3.37. The van der Waals surface area contributed by atoms with Crippen molar-refractivity contribution in [2.45, 2.75) is 32.6 Å². The smallest absolute Gasteiger partial charge is 0.261 e. The van der Waals surface area contributed by atoms with Crippen molar-refractivity contribution in [1.29, 1.82) is 0 Å². The Kier molecular flexibility index (Phi) is 4.61. The largest absolute Gasteiger partial charge is 0.362 e. The SMILES string of the molecule is CC[C@@H]1CCc2nc(NC(=O)c3cccnc3N(C)C)sc2C1. The molecule has 1 aliphatic carbocycles. The minimum Gasteiger partial charge on any atom is -0.362 e. The molecule has 3 rings (SSSR count). The molecule has 0 aromatic carbocycles. The van der Waals surface area contributed by atoms with E-state index in [0.29, 0.717) is 16.5 Å². The van der Waals surface area contributed by atoms with E-state index in [1.54, 1.807) is 29.7 Å². The van der Waals surface area contributed by atoms with E-state index < -0.39 is 0 Å².